The van der Waals surface area contributed by atoms with Crippen molar-refractivity contribution in [3.8, 4) is 0 Å². The Morgan fingerprint density at radius 1 is 1.21 bits per heavy atom. The Hall–Kier alpha value is -2.53. The van der Waals surface area contributed by atoms with Crippen molar-refractivity contribution in [3.63, 3.8) is 0 Å². The standard InChI is InChI=1S/C19H17N3OS/c1-12-17(15-8-3-4-9-16(15)21-12)18(23)13(2)24-19-20-11-14-7-5-6-10-22(14)19/h3-11,13,21H,1-2H3. The summed E-state index contributed by atoms with van der Waals surface area (Å²) in [6.45, 7) is 3.90. The molecule has 24 heavy (non-hydrogen) atoms. The highest BCUT2D eigenvalue weighted by Gasteiger charge is 2.23. The summed E-state index contributed by atoms with van der Waals surface area (Å²) >= 11 is 1.49. The molecule has 1 unspecified atom stereocenters. The van der Waals surface area contributed by atoms with E-state index in [1.807, 2.05) is 73.1 Å². The number of benzene rings is 1. The summed E-state index contributed by atoms with van der Waals surface area (Å²) in [6.07, 6.45) is 3.80. The Morgan fingerprint density at radius 3 is 2.88 bits per heavy atom. The smallest absolute Gasteiger partial charge is 0.178 e. The van der Waals surface area contributed by atoms with Crippen LogP contribution in [0.1, 0.15) is 23.0 Å². The van der Waals surface area contributed by atoms with Crippen LogP contribution in [0.4, 0.5) is 0 Å². The fourth-order valence-corrected chi connectivity index (χ4v) is 3.95. The number of hydrogen-bond acceptors (Lipinski definition) is 3. The summed E-state index contributed by atoms with van der Waals surface area (Å²) in [5.41, 5.74) is 3.73. The van der Waals surface area contributed by atoms with Crippen LogP contribution < -0.4 is 0 Å². The number of nitrogens with zero attached hydrogens (tertiary/aromatic N) is 2. The largest absolute Gasteiger partial charge is 0.358 e. The summed E-state index contributed by atoms with van der Waals surface area (Å²) in [4.78, 5) is 20.8. The molecule has 0 saturated carbocycles. The second kappa shape index (κ2) is 5.83. The molecule has 4 aromatic rings. The normalized spacial score (nSPS) is 12.8. The minimum Gasteiger partial charge on any atom is -0.358 e. The molecule has 0 amide bonds. The van der Waals surface area contributed by atoms with Gasteiger partial charge in [-0.15, -0.1) is 0 Å². The Balaban J connectivity index is 1.67. The number of thioether (sulfide) groups is 1. The molecule has 0 fully saturated rings. The van der Waals surface area contributed by atoms with Gasteiger partial charge in [0, 0.05) is 28.4 Å². The van der Waals surface area contributed by atoms with Crippen molar-refractivity contribution in [1.82, 2.24) is 14.4 Å². The summed E-state index contributed by atoms with van der Waals surface area (Å²) in [7, 11) is 0. The topological polar surface area (TPSA) is 50.2 Å². The Bertz CT molecular complexity index is 1050. The molecule has 4 rings (SSSR count). The monoisotopic (exact) mass is 335 g/mol. The predicted octanol–water partition coefficient (Wildman–Crippen LogP) is 4.49. The minimum atomic E-state index is -0.214. The maximum absolute atomic E-state index is 13.0. The van der Waals surface area contributed by atoms with Crippen molar-refractivity contribution in [1.29, 1.82) is 0 Å². The first-order valence-electron chi connectivity index (χ1n) is 7.85. The zero-order valence-corrected chi connectivity index (χ0v) is 14.3. The lowest BCUT2D eigenvalue weighted by Gasteiger charge is -2.10. The van der Waals surface area contributed by atoms with Crippen LogP contribution in [0.5, 0.6) is 0 Å². The van der Waals surface area contributed by atoms with Crippen LogP contribution in [-0.2, 0) is 0 Å². The Kier molecular flexibility index (Phi) is 3.65. The van der Waals surface area contributed by atoms with E-state index in [2.05, 4.69) is 9.97 Å². The lowest BCUT2D eigenvalue weighted by Crippen LogP contribution is -2.14. The van der Waals surface area contributed by atoms with E-state index in [-0.39, 0.29) is 11.0 Å². The third-order valence-electron chi connectivity index (χ3n) is 4.20. The molecule has 5 heteroatoms. The van der Waals surface area contributed by atoms with E-state index < -0.39 is 0 Å². The first-order valence-corrected chi connectivity index (χ1v) is 8.73. The zero-order valence-electron chi connectivity index (χ0n) is 13.5. The van der Waals surface area contributed by atoms with Crippen LogP contribution in [0.25, 0.3) is 16.4 Å². The number of aromatic amines is 1. The number of hydrogen-bond donors (Lipinski definition) is 1. The van der Waals surface area contributed by atoms with Gasteiger partial charge >= 0.3 is 0 Å². The van der Waals surface area contributed by atoms with Crippen molar-refractivity contribution in [2.45, 2.75) is 24.3 Å². The molecule has 0 aliphatic heterocycles. The fourth-order valence-electron chi connectivity index (χ4n) is 3.02. The van der Waals surface area contributed by atoms with Crippen molar-refractivity contribution in [2.75, 3.05) is 0 Å². The molecule has 1 aromatic carbocycles. The third-order valence-corrected chi connectivity index (χ3v) is 5.28. The van der Waals surface area contributed by atoms with Gasteiger partial charge in [0.2, 0.25) is 0 Å². The molecule has 120 valence electrons. The minimum absolute atomic E-state index is 0.127. The number of nitrogens with one attached hydrogen (secondary N) is 1. The average molecular weight is 335 g/mol. The fraction of sp³-hybridized carbons (Fsp3) is 0.158. The van der Waals surface area contributed by atoms with E-state index in [1.165, 1.54) is 11.8 Å². The molecule has 0 spiro atoms. The number of Topliss-reactive ketones (excluding diaryl/α,β-unsaturated/α-hetero) is 1. The van der Waals surface area contributed by atoms with Crippen LogP contribution in [0.2, 0.25) is 0 Å². The van der Waals surface area contributed by atoms with Crippen LogP contribution >= 0.6 is 11.8 Å². The van der Waals surface area contributed by atoms with E-state index in [9.17, 15) is 4.79 Å². The molecule has 3 heterocycles. The number of ketones is 1. The number of carbonyl (C=O) groups excluding carboxylic acids is 1. The number of carbonyl (C=O) groups is 1. The second-order valence-electron chi connectivity index (χ2n) is 5.83. The molecular formula is C19H17N3OS. The van der Waals surface area contributed by atoms with Gasteiger partial charge in [-0.2, -0.15) is 0 Å². The SMILES string of the molecule is Cc1[nH]c2ccccc2c1C(=O)C(C)Sc1ncc2ccccn12. The maximum Gasteiger partial charge on any atom is 0.178 e. The first-order chi connectivity index (χ1) is 11.6. The molecule has 1 N–H and O–H groups in total. The number of H-pyrrole nitrogens is 1. The molecule has 1 atom stereocenters. The molecule has 0 bridgehead atoms. The lowest BCUT2D eigenvalue weighted by molar-refractivity contribution is 0.0995. The van der Waals surface area contributed by atoms with Crippen molar-refractivity contribution >= 4 is 34.0 Å². The van der Waals surface area contributed by atoms with E-state index in [4.69, 9.17) is 0 Å². The van der Waals surface area contributed by atoms with Gasteiger partial charge in [-0.25, -0.2) is 4.98 Å². The highest BCUT2D eigenvalue weighted by Crippen LogP contribution is 2.29. The molecule has 0 aliphatic rings. The summed E-state index contributed by atoms with van der Waals surface area (Å²) in [6, 6.07) is 13.9. The van der Waals surface area contributed by atoms with Crippen molar-refractivity contribution in [2.24, 2.45) is 0 Å². The molecular weight excluding hydrogens is 318 g/mol. The Labute approximate surface area is 143 Å². The van der Waals surface area contributed by atoms with Gasteiger partial charge in [-0.3, -0.25) is 9.20 Å². The zero-order chi connectivity index (χ0) is 16.7. The molecule has 0 radical (unpaired) electrons. The van der Waals surface area contributed by atoms with E-state index in [1.54, 1.807) is 0 Å². The number of rotatable bonds is 4. The molecule has 0 aliphatic carbocycles. The highest BCUT2D eigenvalue weighted by atomic mass is 32.2. The van der Waals surface area contributed by atoms with Gasteiger partial charge in [0.05, 0.1) is 17.0 Å². The predicted molar refractivity (Wildman–Crippen MR) is 97.9 cm³/mol. The van der Waals surface area contributed by atoms with E-state index in [0.717, 1.165) is 32.8 Å². The van der Waals surface area contributed by atoms with Gasteiger partial charge in [0.15, 0.2) is 10.9 Å². The summed E-state index contributed by atoms with van der Waals surface area (Å²) < 4.78 is 2.01. The maximum atomic E-state index is 13.0. The van der Waals surface area contributed by atoms with E-state index >= 15 is 0 Å². The summed E-state index contributed by atoms with van der Waals surface area (Å²) in [5, 5.41) is 1.61. The van der Waals surface area contributed by atoms with Gasteiger partial charge in [-0.05, 0) is 32.0 Å². The first kappa shape index (κ1) is 15.0. The number of imidazole rings is 1. The van der Waals surface area contributed by atoms with Gasteiger partial charge < -0.3 is 4.98 Å². The van der Waals surface area contributed by atoms with Crippen molar-refractivity contribution < 1.29 is 4.79 Å². The number of aryl methyl sites for hydroxylation is 1. The van der Waals surface area contributed by atoms with Gasteiger partial charge in [-0.1, -0.05) is 36.0 Å². The molecule has 3 aromatic heterocycles. The highest BCUT2D eigenvalue weighted by molar-refractivity contribution is 8.00. The van der Waals surface area contributed by atoms with Crippen LogP contribution in [0, 0.1) is 6.92 Å². The number of pyridine rings is 1. The van der Waals surface area contributed by atoms with Crippen LogP contribution in [-0.4, -0.2) is 25.4 Å². The lowest BCUT2D eigenvalue weighted by atomic mass is 10.1. The number of aromatic nitrogens is 3. The van der Waals surface area contributed by atoms with E-state index in [0.29, 0.717) is 0 Å². The third kappa shape index (κ3) is 2.41. The Morgan fingerprint density at radius 2 is 2.00 bits per heavy atom. The van der Waals surface area contributed by atoms with Crippen LogP contribution in [0.3, 0.4) is 0 Å². The molecule has 4 nitrogen and oxygen atoms in total. The molecule has 0 saturated heterocycles. The average Bonchev–Trinajstić information content (AvgIpc) is 3.14. The number of fused-ring (bicyclic) bond motifs is 2. The van der Waals surface area contributed by atoms with Gasteiger partial charge in [0.25, 0.3) is 0 Å². The summed E-state index contributed by atoms with van der Waals surface area (Å²) in [5.74, 6) is 0.127. The quantitative estimate of drug-likeness (QED) is 0.442. The van der Waals surface area contributed by atoms with Crippen molar-refractivity contribution in [3.05, 3.63) is 66.1 Å². The number of para-hydroxylation sites is 1. The van der Waals surface area contributed by atoms with Gasteiger partial charge in [0.1, 0.15) is 0 Å². The second-order valence-corrected chi connectivity index (χ2v) is 7.14. The van der Waals surface area contributed by atoms with Crippen LogP contribution in [0.15, 0.2) is 60.0 Å².